The molecule has 1 heterocycles. The molecule has 0 bridgehead atoms. The fourth-order valence-corrected chi connectivity index (χ4v) is 3.01. The second kappa shape index (κ2) is 7.79. The molecule has 0 aliphatic rings. The number of rotatable bonds is 8. The van der Waals surface area contributed by atoms with Crippen LogP contribution in [0.1, 0.15) is 22.5 Å². The first-order valence-electron chi connectivity index (χ1n) is 7.11. The molecule has 2 aromatic rings. The van der Waals surface area contributed by atoms with Crippen molar-refractivity contribution in [2.45, 2.75) is 26.7 Å². The zero-order valence-corrected chi connectivity index (χ0v) is 13.5. The van der Waals surface area contributed by atoms with Crippen molar-refractivity contribution in [3.05, 3.63) is 39.8 Å². The van der Waals surface area contributed by atoms with Gasteiger partial charge in [-0.1, -0.05) is 6.07 Å². The average molecular weight is 321 g/mol. The quantitative estimate of drug-likeness (QED) is 0.809. The molecule has 0 fully saturated rings. The van der Waals surface area contributed by atoms with Crippen molar-refractivity contribution < 1.29 is 19.4 Å². The van der Waals surface area contributed by atoms with E-state index in [1.165, 1.54) is 11.3 Å². The molecule has 0 saturated heterocycles. The lowest BCUT2D eigenvalue weighted by Gasteiger charge is -2.07. The topological polar surface area (TPSA) is 68.7 Å². The molecule has 0 spiro atoms. The smallest absolute Gasteiger partial charge is 0.308 e. The number of ether oxygens (including phenoxy) is 2. The molecule has 118 valence electrons. The van der Waals surface area contributed by atoms with E-state index < -0.39 is 5.97 Å². The summed E-state index contributed by atoms with van der Waals surface area (Å²) in [4.78, 5) is 16.0. The Labute approximate surface area is 133 Å². The van der Waals surface area contributed by atoms with Crippen LogP contribution in [-0.4, -0.2) is 29.3 Å². The van der Waals surface area contributed by atoms with Gasteiger partial charge in [0.2, 0.25) is 0 Å². The summed E-state index contributed by atoms with van der Waals surface area (Å²) >= 11 is 1.44. The molecule has 0 saturated carbocycles. The number of aromatic nitrogens is 1. The summed E-state index contributed by atoms with van der Waals surface area (Å²) in [5, 5.41) is 9.74. The molecule has 6 heteroatoms. The summed E-state index contributed by atoms with van der Waals surface area (Å²) in [6, 6.07) is 7.51. The maximum Gasteiger partial charge on any atom is 0.308 e. The number of thiazole rings is 1. The van der Waals surface area contributed by atoms with Crippen LogP contribution < -0.4 is 9.47 Å². The minimum atomic E-state index is -0.831. The normalized spacial score (nSPS) is 10.5. The van der Waals surface area contributed by atoms with Gasteiger partial charge < -0.3 is 14.6 Å². The highest BCUT2D eigenvalue weighted by Gasteiger charge is 2.11. The number of benzene rings is 1. The van der Waals surface area contributed by atoms with E-state index in [2.05, 4.69) is 4.98 Å². The van der Waals surface area contributed by atoms with E-state index in [4.69, 9.17) is 14.6 Å². The predicted octanol–water partition coefficient (Wildman–Crippen LogP) is 3.10. The molecule has 5 nitrogen and oxygen atoms in total. The Kier molecular flexibility index (Phi) is 5.77. The van der Waals surface area contributed by atoms with Crippen LogP contribution in [0.4, 0.5) is 0 Å². The summed E-state index contributed by atoms with van der Waals surface area (Å²) in [5.74, 6) is 0.709. The average Bonchev–Trinajstić information content (AvgIpc) is 2.79. The molecule has 1 N–H and O–H groups in total. The van der Waals surface area contributed by atoms with E-state index in [1.807, 2.05) is 38.1 Å². The van der Waals surface area contributed by atoms with Crippen LogP contribution in [0.5, 0.6) is 11.5 Å². The lowest BCUT2D eigenvalue weighted by Crippen LogP contribution is -2.01. The van der Waals surface area contributed by atoms with Gasteiger partial charge in [-0.05, 0) is 26.0 Å². The van der Waals surface area contributed by atoms with Gasteiger partial charge in [-0.25, -0.2) is 4.98 Å². The molecule has 1 aromatic heterocycles. The summed E-state index contributed by atoms with van der Waals surface area (Å²) in [7, 11) is 0. The van der Waals surface area contributed by atoms with Crippen LogP contribution in [0.15, 0.2) is 24.3 Å². The zero-order chi connectivity index (χ0) is 15.9. The second-order valence-corrected chi connectivity index (χ2v) is 5.86. The first-order chi connectivity index (χ1) is 10.6. The Morgan fingerprint density at radius 1 is 1.32 bits per heavy atom. The lowest BCUT2D eigenvalue weighted by molar-refractivity contribution is -0.136. The van der Waals surface area contributed by atoms with Crippen molar-refractivity contribution in [3.8, 4) is 11.5 Å². The van der Waals surface area contributed by atoms with Gasteiger partial charge in [0, 0.05) is 17.4 Å². The SMILES string of the molecule is CCOc1cccc(OCCc2nc(C)c(CC(=O)O)s2)c1. The molecule has 0 radical (unpaired) electrons. The van der Waals surface area contributed by atoms with Crippen LogP contribution in [0.3, 0.4) is 0 Å². The lowest BCUT2D eigenvalue weighted by atomic mass is 10.3. The highest BCUT2D eigenvalue weighted by Crippen LogP contribution is 2.21. The van der Waals surface area contributed by atoms with Gasteiger partial charge in [0.25, 0.3) is 0 Å². The molecule has 1 aromatic carbocycles. The molecule has 0 atom stereocenters. The highest BCUT2D eigenvalue weighted by molar-refractivity contribution is 7.11. The first-order valence-corrected chi connectivity index (χ1v) is 7.92. The van der Waals surface area contributed by atoms with Gasteiger partial charge in [0.1, 0.15) is 11.5 Å². The zero-order valence-electron chi connectivity index (χ0n) is 12.7. The predicted molar refractivity (Wildman–Crippen MR) is 85.0 cm³/mol. The molecule has 2 rings (SSSR count). The number of carboxylic acid groups (broad SMARTS) is 1. The van der Waals surface area contributed by atoms with Gasteiger partial charge in [-0.15, -0.1) is 11.3 Å². The van der Waals surface area contributed by atoms with Crippen molar-refractivity contribution >= 4 is 17.3 Å². The summed E-state index contributed by atoms with van der Waals surface area (Å²) in [6.07, 6.45) is 0.685. The summed E-state index contributed by atoms with van der Waals surface area (Å²) in [6.45, 7) is 4.89. The fraction of sp³-hybridized carbons (Fsp3) is 0.375. The largest absolute Gasteiger partial charge is 0.494 e. The Balaban J connectivity index is 1.88. The fourth-order valence-electron chi connectivity index (χ4n) is 1.97. The van der Waals surface area contributed by atoms with E-state index in [-0.39, 0.29) is 6.42 Å². The monoisotopic (exact) mass is 321 g/mol. The molecule has 0 aliphatic carbocycles. The number of aryl methyl sites for hydroxylation is 1. The maximum atomic E-state index is 10.8. The van der Waals surface area contributed by atoms with Gasteiger partial charge in [-0.2, -0.15) is 0 Å². The number of hydrogen-bond acceptors (Lipinski definition) is 5. The van der Waals surface area contributed by atoms with Crippen LogP contribution >= 0.6 is 11.3 Å². The highest BCUT2D eigenvalue weighted by atomic mass is 32.1. The third-order valence-corrected chi connectivity index (χ3v) is 4.17. The summed E-state index contributed by atoms with van der Waals surface area (Å²) in [5.41, 5.74) is 0.792. The number of carbonyl (C=O) groups is 1. The number of nitrogens with zero attached hydrogens (tertiary/aromatic N) is 1. The minimum Gasteiger partial charge on any atom is -0.494 e. The molecular formula is C16H19NO4S. The van der Waals surface area contributed by atoms with E-state index in [1.54, 1.807) is 0 Å². The third kappa shape index (κ3) is 4.73. The van der Waals surface area contributed by atoms with Crippen LogP contribution in [-0.2, 0) is 17.6 Å². The van der Waals surface area contributed by atoms with E-state index >= 15 is 0 Å². The van der Waals surface area contributed by atoms with Crippen molar-refractivity contribution in [3.63, 3.8) is 0 Å². The van der Waals surface area contributed by atoms with Crippen molar-refractivity contribution in [1.29, 1.82) is 0 Å². The van der Waals surface area contributed by atoms with Gasteiger partial charge in [-0.3, -0.25) is 4.79 Å². The van der Waals surface area contributed by atoms with E-state index in [9.17, 15) is 4.79 Å². The number of hydrogen-bond donors (Lipinski definition) is 1. The molecule has 0 aliphatic heterocycles. The molecular weight excluding hydrogens is 302 g/mol. The molecule has 0 amide bonds. The summed E-state index contributed by atoms with van der Waals surface area (Å²) < 4.78 is 11.1. The Hall–Kier alpha value is -2.08. The van der Waals surface area contributed by atoms with Crippen LogP contribution in [0, 0.1) is 6.92 Å². The van der Waals surface area contributed by atoms with Crippen molar-refractivity contribution in [1.82, 2.24) is 4.98 Å². The van der Waals surface area contributed by atoms with E-state index in [0.717, 1.165) is 27.1 Å². The minimum absolute atomic E-state index is 0.0285. The molecule has 0 unspecified atom stereocenters. The molecule has 22 heavy (non-hydrogen) atoms. The Morgan fingerprint density at radius 3 is 2.73 bits per heavy atom. The van der Waals surface area contributed by atoms with Crippen molar-refractivity contribution in [2.75, 3.05) is 13.2 Å². The first kappa shape index (κ1) is 16.3. The van der Waals surface area contributed by atoms with E-state index in [0.29, 0.717) is 19.6 Å². The van der Waals surface area contributed by atoms with Crippen LogP contribution in [0.2, 0.25) is 0 Å². The Bertz CT molecular complexity index is 639. The van der Waals surface area contributed by atoms with Crippen molar-refractivity contribution in [2.24, 2.45) is 0 Å². The van der Waals surface area contributed by atoms with Gasteiger partial charge >= 0.3 is 5.97 Å². The number of aliphatic carboxylic acids is 1. The van der Waals surface area contributed by atoms with Gasteiger partial charge in [0.05, 0.1) is 30.3 Å². The Morgan fingerprint density at radius 2 is 2.05 bits per heavy atom. The maximum absolute atomic E-state index is 10.8. The van der Waals surface area contributed by atoms with Crippen LogP contribution in [0.25, 0.3) is 0 Å². The van der Waals surface area contributed by atoms with Gasteiger partial charge in [0.15, 0.2) is 0 Å². The standard InChI is InChI=1S/C16H19NO4S/c1-3-20-12-5-4-6-13(9-12)21-8-7-15-17-11(2)14(22-15)10-16(18)19/h4-6,9H,3,7-8,10H2,1-2H3,(H,18,19). The second-order valence-electron chi connectivity index (χ2n) is 4.69. The number of carboxylic acids is 1. The third-order valence-electron chi connectivity index (χ3n) is 2.95.